The third-order valence-electron chi connectivity index (χ3n) is 0.981. The van der Waals surface area contributed by atoms with Crippen LogP contribution >= 0.6 is 0 Å². The fourth-order valence-corrected chi connectivity index (χ4v) is 0.526. The van der Waals surface area contributed by atoms with Crippen LogP contribution in [0.1, 0.15) is 28.9 Å². The van der Waals surface area contributed by atoms with Crippen molar-refractivity contribution in [3.05, 3.63) is 0 Å². The van der Waals surface area contributed by atoms with Gasteiger partial charge in [0, 0.05) is 8.78 Å². The molecule has 0 spiro atoms. The lowest BCUT2D eigenvalue weighted by atomic mass is 10.1. The van der Waals surface area contributed by atoms with Crippen molar-refractivity contribution in [2.24, 2.45) is 11.5 Å². The van der Waals surface area contributed by atoms with Crippen LogP contribution in [0.4, 0.5) is 0 Å². The molecule has 0 bridgehead atoms. The fraction of sp³-hybridized carbons (Fsp3) is 1.00. The van der Waals surface area contributed by atoms with E-state index in [1.807, 2.05) is 6.92 Å². The monoisotopic (exact) mass is 118 g/mol. The molecule has 0 aromatic carbocycles. The number of nitrogens with two attached hydrogens (primary N) is 2. The summed E-state index contributed by atoms with van der Waals surface area (Å²) in [7, 11) is 0. The molecule has 50 valence electrons. The Morgan fingerprint density at radius 1 is 1.62 bits per heavy atom. The summed E-state index contributed by atoms with van der Waals surface area (Å²) in [6, 6.07) is 0.155. The second kappa shape index (κ2) is 5.06. The Bertz CT molecular complexity index is 88.2. The summed E-state index contributed by atoms with van der Waals surface area (Å²) in [5, 5.41) is 0. The van der Waals surface area contributed by atoms with Crippen molar-refractivity contribution in [2.75, 3.05) is 6.50 Å². The molecule has 0 radical (unpaired) electrons. The van der Waals surface area contributed by atoms with E-state index >= 15 is 0 Å². The smallest absolute Gasteiger partial charge is 0.0425 e. The quantitative estimate of drug-likeness (QED) is 0.563. The summed E-state index contributed by atoms with van der Waals surface area (Å²) in [6.07, 6.45) is 2.01. The molecular formula is C6H16N2. The maximum absolute atomic E-state index is 6.98. The van der Waals surface area contributed by atoms with E-state index in [4.69, 9.17) is 14.2 Å². The van der Waals surface area contributed by atoms with Crippen molar-refractivity contribution in [2.45, 2.75) is 32.2 Å². The lowest BCUT2D eigenvalue weighted by molar-refractivity contribution is 0.602. The predicted octanol–water partition coefficient (Wildman–Crippen LogP) is 0.463. The Kier molecular flexibility index (Phi) is 3.02. The van der Waals surface area contributed by atoms with Gasteiger partial charge in [-0.2, -0.15) is 0 Å². The Labute approximate surface area is 54.1 Å². The highest BCUT2D eigenvalue weighted by atomic mass is 14.6. The average molecular weight is 118 g/mol. The molecule has 4 N–H and O–H groups in total. The minimum absolute atomic E-state index is 0.155. The van der Waals surface area contributed by atoms with Crippen LogP contribution in [0.5, 0.6) is 0 Å². The second-order valence-electron chi connectivity index (χ2n) is 2.07. The van der Waals surface area contributed by atoms with E-state index < -0.39 is 6.50 Å². The Morgan fingerprint density at radius 2 is 2.25 bits per heavy atom. The van der Waals surface area contributed by atoms with Crippen molar-refractivity contribution in [1.82, 2.24) is 0 Å². The Hall–Kier alpha value is -0.0800. The second-order valence-corrected chi connectivity index (χ2v) is 2.07. The van der Waals surface area contributed by atoms with Gasteiger partial charge >= 0.3 is 0 Å². The van der Waals surface area contributed by atoms with Crippen LogP contribution in [0, 0.1) is 0 Å². The molecule has 0 aliphatic carbocycles. The minimum Gasteiger partial charge on any atom is -0.330 e. The molecule has 2 nitrogen and oxygen atoms in total. The molecule has 2 heteroatoms. The van der Waals surface area contributed by atoms with Crippen LogP contribution in [-0.2, 0) is 0 Å². The first-order valence-electron chi connectivity index (χ1n) is 3.96. The molecule has 0 fully saturated rings. The van der Waals surface area contributed by atoms with Gasteiger partial charge in [0.05, 0.1) is 0 Å². The molecule has 0 aromatic heterocycles. The predicted molar refractivity (Wildman–Crippen MR) is 36.6 cm³/mol. The standard InChI is InChI=1S/C6H16N2/c1-6(8)4-2-3-5-7/h6H,2-5,7-8H2,1H3/i5D2. The molecule has 0 heterocycles. The molecular weight excluding hydrogens is 100 g/mol. The molecule has 0 saturated carbocycles. The molecule has 0 rings (SSSR count). The first-order chi connectivity index (χ1) is 4.42. The molecule has 0 aliphatic heterocycles. The van der Waals surface area contributed by atoms with Crippen molar-refractivity contribution >= 4 is 0 Å². The highest BCUT2D eigenvalue weighted by Crippen LogP contribution is 1.95. The van der Waals surface area contributed by atoms with Crippen LogP contribution in [0.3, 0.4) is 0 Å². The highest BCUT2D eigenvalue weighted by Gasteiger charge is 1.90. The van der Waals surface area contributed by atoms with Gasteiger partial charge in [-0.25, -0.2) is 0 Å². The van der Waals surface area contributed by atoms with E-state index in [1.165, 1.54) is 0 Å². The van der Waals surface area contributed by atoms with Crippen LogP contribution in [-0.4, -0.2) is 12.5 Å². The van der Waals surface area contributed by atoms with Gasteiger partial charge in [-0.1, -0.05) is 6.42 Å². The minimum atomic E-state index is -1.52. The zero-order chi connectivity index (χ0) is 8.20. The summed E-state index contributed by atoms with van der Waals surface area (Å²) in [5.74, 6) is 0. The Balaban J connectivity index is 3.21. The van der Waals surface area contributed by atoms with E-state index in [0.29, 0.717) is 6.42 Å². The first kappa shape index (κ1) is 4.77. The summed E-state index contributed by atoms with van der Waals surface area (Å²) in [6.45, 7) is 0.390. The molecule has 0 aliphatic rings. The zero-order valence-electron chi connectivity index (χ0n) is 7.35. The van der Waals surface area contributed by atoms with Gasteiger partial charge < -0.3 is 11.5 Å². The van der Waals surface area contributed by atoms with Gasteiger partial charge in [-0.05, 0) is 26.3 Å². The lowest BCUT2D eigenvalue weighted by Crippen LogP contribution is -2.14. The van der Waals surface area contributed by atoms with Crippen molar-refractivity contribution in [3.8, 4) is 0 Å². The summed E-state index contributed by atoms with van der Waals surface area (Å²) in [4.78, 5) is 0. The van der Waals surface area contributed by atoms with Gasteiger partial charge in [-0.3, -0.25) is 0 Å². The zero-order valence-corrected chi connectivity index (χ0v) is 5.35. The molecule has 0 aromatic rings. The maximum Gasteiger partial charge on any atom is 0.0425 e. The van der Waals surface area contributed by atoms with Crippen LogP contribution < -0.4 is 11.5 Å². The molecule has 0 saturated heterocycles. The summed E-state index contributed by atoms with van der Waals surface area (Å²) >= 11 is 0. The van der Waals surface area contributed by atoms with Crippen LogP contribution in [0.25, 0.3) is 0 Å². The van der Waals surface area contributed by atoms with Gasteiger partial charge in [-0.15, -0.1) is 0 Å². The molecule has 1 atom stereocenters. The van der Waals surface area contributed by atoms with Crippen LogP contribution in [0.15, 0.2) is 0 Å². The largest absolute Gasteiger partial charge is 0.330 e. The van der Waals surface area contributed by atoms with E-state index in [1.54, 1.807) is 0 Å². The van der Waals surface area contributed by atoms with Gasteiger partial charge in [0.25, 0.3) is 0 Å². The molecule has 0 amide bonds. The molecule has 8 heavy (non-hydrogen) atoms. The topological polar surface area (TPSA) is 52.0 Å². The fourth-order valence-electron chi connectivity index (χ4n) is 0.526. The lowest BCUT2D eigenvalue weighted by Gasteiger charge is -2.01. The molecule has 1 unspecified atom stereocenters. The van der Waals surface area contributed by atoms with Gasteiger partial charge in [0.15, 0.2) is 0 Å². The number of rotatable bonds is 4. The maximum atomic E-state index is 6.98. The van der Waals surface area contributed by atoms with Crippen LogP contribution in [0.2, 0.25) is 0 Å². The highest BCUT2D eigenvalue weighted by molar-refractivity contribution is 4.52. The number of hydrogen-bond acceptors (Lipinski definition) is 2. The third kappa shape index (κ3) is 5.92. The van der Waals surface area contributed by atoms with Gasteiger partial charge in [0.2, 0.25) is 0 Å². The van der Waals surface area contributed by atoms with E-state index in [0.717, 1.165) is 12.8 Å². The first-order valence-corrected chi connectivity index (χ1v) is 2.96. The number of hydrogen-bond donors (Lipinski definition) is 2. The van der Waals surface area contributed by atoms with Crippen molar-refractivity contribution in [1.29, 1.82) is 0 Å². The van der Waals surface area contributed by atoms with Gasteiger partial charge in [0.1, 0.15) is 0 Å². The normalized spacial score (nSPS) is 19.4. The average Bonchev–Trinajstić information content (AvgIpc) is 1.59. The van der Waals surface area contributed by atoms with E-state index in [2.05, 4.69) is 0 Å². The van der Waals surface area contributed by atoms with E-state index in [9.17, 15) is 0 Å². The summed E-state index contributed by atoms with van der Waals surface area (Å²) < 4.78 is 14.0. The van der Waals surface area contributed by atoms with Crippen molar-refractivity contribution < 1.29 is 2.74 Å². The van der Waals surface area contributed by atoms with E-state index in [-0.39, 0.29) is 6.04 Å². The third-order valence-corrected chi connectivity index (χ3v) is 0.981. The SMILES string of the molecule is [2H]C([2H])(N)CCCC(C)N. The Morgan fingerprint density at radius 3 is 2.62 bits per heavy atom. The summed E-state index contributed by atoms with van der Waals surface area (Å²) in [5.41, 5.74) is 10.6. The van der Waals surface area contributed by atoms with Crippen molar-refractivity contribution in [3.63, 3.8) is 0 Å².